The molecular weight excluding hydrogens is 160 g/mol. The van der Waals surface area contributed by atoms with Gasteiger partial charge in [0.2, 0.25) is 0 Å². The van der Waals surface area contributed by atoms with E-state index in [1.54, 1.807) is 6.33 Å². The highest BCUT2D eigenvalue weighted by Gasteiger charge is 2.19. The van der Waals surface area contributed by atoms with E-state index < -0.39 is 0 Å². The second kappa shape index (κ2) is 4.35. The predicted octanol–water partition coefficient (Wildman–Crippen LogP) is 2.94. The highest BCUT2D eigenvalue weighted by atomic mass is 14.8. The monoisotopic (exact) mass is 178 g/mol. The standard InChI is InChI=1S/C11H18N2/c1-4-5-6-11(2,3)10-7-12-9-13-8-10/h7-9H,4-6H2,1-3H3. The van der Waals surface area contributed by atoms with Crippen molar-refractivity contribution < 1.29 is 0 Å². The molecular formula is C11H18N2. The van der Waals surface area contributed by atoms with Crippen LogP contribution in [0.25, 0.3) is 0 Å². The molecule has 0 unspecified atom stereocenters. The van der Waals surface area contributed by atoms with Crippen molar-refractivity contribution in [1.29, 1.82) is 0 Å². The summed E-state index contributed by atoms with van der Waals surface area (Å²) in [6, 6.07) is 0. The fraction of sp³-hybridized carbons (Fsp3) is 0.636. The van der Waals surface area contributed by atoms with Gasteiger partial charge in [-0.2, -0.15) is 0 Å². The van der Waals surface area contributed by atoms with Gasteiger partial charge >= 0.3 is 0 Å². The predicted molar refractivity (Wildman–Crippen MR) is 54.6 cm³/mol. The Morgan fingerprint density at radius 2 is 1.85 bits per heavy atom. The molecule has 0 N–H and O–H groups in total. The lowest BCUT2D eigenvalue weighted by Gasteiger charge is -2.23. The summed E-state index contributed by atoms with van der Waals surface area (Å²) in [4.78, 5) is 8.10. The summed E-state index contributed by atoms with van der Waals surface area (Å²) >= 11 is 0. The van der Waals surface area contributed by atoms with Crippen LogP contribution in [0.5, 0.6) is 0 Å². The molecule has 0 spiro atoms. The number of hydrogen-bond donors (Lipinski definition) is 0. The third-order valence-electron chi connectivity index (χ3n) is 2.50. The fourth-order valence-electron chi connectivity index (χ4n) is 1.41. The SMILES string of the molecule is CCCCC(C)(C)c1cncnc1. The van der Waals surface area contributed by atoms with Gasteiger partial charge in [0.15, 0.2) is 0 Å². The van der Waals surface area contributed by atoms with Crippen LogP contribution in [0.1, 0.15) is 45.6 Å². The van der Waals surface area contributed by atoms with Gasteiger partial charge in [-0.25, -0.2) is 9.97 Å². The molecule has 2 heteroatoms. The van der Waals surface area contributed by atoms with E-state index in [2.05, 4.69) is 30.7 Å². The molecule has 0 atom stereocenters. The largest absolute Gasteiger partial charge is 0.245 e. The Labute approximate surface area is 80.4 Å². The van der Waals surface area contributed by atoms with Crippen molar-refractivity contribution in [3.63, 3.8) is 0 Å². The second-order valence-electron chi connectivity index (χ2n) is 4.11. The molecule has 0 aliphatic heterocycles. The van der Waals surface area contributed by atoms with E-state index in [1.807, 2.05) is 12.4 Å². The summed E-state index contributed by atoms with van der Waals surface area (Å²) in [7, 11) is 0. The van der Waals surface area contributed by atoms with Gasteiger partial charge in [0, 0.05) is 12.4 Å². The number of rotatable bonds is 4. The lowest BCUT2D eigenvalue weighted by molar-refractivity contribution is 0.455. The van der Waals surface area contributed by atoms with Crippen LogP contribution in [0.4, 0.5) is 0 Å². The van der Waals surface area contributed by atoms with Crippen molar-refractivity contribution in [2.75, 3.05) is 0 Å². The first-order valence-electron chi connectivity index (χ1n) is 4.92. The van der Waals surface area contributed by atoms with Crippen LogP contribution in [0, 0.1) is 0 Å². The summed E-state index contributed by atoms with van der Waals surface area (Å²) in [5.74, 6) is 0. The van der Waals surface area contributed by atoms with Gasteiger partial charge < -0.3 is 0 Å². The molecule has 0 aromatic carbocycles. The Kier molecular flexibility index (Phi) is 3.40. The average Bonchev–Trinajstić information content (AvgIpc) is 2.16. The van der Waals surface area contributed by atoms with Crippen molar-refractivity contribution in [2.24, 2.45) is 0 Å². The molecule has 0 amide bonds. The molecule has 2 nitrogen and oxygen atoms in total. The second-order valence-corrected chi connectivity index (χ2v) is 4.11. The maximum absolute atomic E-state index is 4.05. The van der Waals surface area contributed by atoms with Crippen molar-refractivity contribution >= 4 is 0 Å². The molecule has 1 heterocycles. The minimum atomic E-state index is 0.220. The van der Waals surface area contributed by atoms with Gasteiger partial charge in [-0.05, 0) is 17.4 Å². The van der Waals surface area contributed by atoms with E-state index >= 15 is 0 Å². The summed E-state index contributed by atoms with van der Waals surface area (Å²) in [5, 5.41) is 0. The zero-order chi connectivity index (χ0) is 9.73. The van der Waals surface area contributed by atoms with E-state index in [4.69, 9.17) is 0 Å². The van der Waals surface area contributed by atoms with Crippen LogP contribution < -0.4 is 0 Å². The molecule has 1 aromatic heterocycles. The molecule has 13 heavy (non-hydrogen) atoms. The highest BCUT2D eigenvalue weighted by Crippen LogP contribution is 2.27. The molecule has 0 bridgehead atoms. The molecule has 72 valence electrons. The maximum atomic E-state index is 4.05. The first-order valence-corrected chi connectivity index (χ1v) is 4.92. The Hall–Kier alpha value is -0.920. The van der Waals surface area contributed by atoms with Crippen LogP contribution >= 0.6 is 0 Å². The van der Waals surface area contributed by atoms with Gasteiger partial charge in [-0.15, -0.1) is 0 Å². The summed E-state index contributed by atoms with van der Waals surface area (Å²) in [6.45, 7) is 6.72. The van der Waals surface area contributed by atoms with E-state index in [1.165, 1.54) is 24.8 Å². The summed E-state index contributed by atoms with van der Waals surface area (Å²) in [6.07, 6.45) is 9.14. The van der Waals surface area contributed by atoms with Crippen LogP contribution in [-0.4, -0.2) is 9.97 Å². The van der Waals surface area contributed by atoms with Gasteiger partial charge in [-0.1, -0.05) is 33.6 Å². The maximum Gasteiger partial charge on any atom is 0.115 e. The molecule has 1 aromatic rings. The van der Waals surface area contributed by atoms with Crippen molar-refractivity contribution in [3.8, 4) is 0 Å². The first-order chi connectivity index (χ1) is 6.17. The van der Waals surface area contributed by atoms with Gasteiger partial charge in [-0.3, -0.25) is 0 Å². The molecule has 0 fully saturated rings. The summed E-state index contributed by atoms with van der Waals surface area (Å²) in [5.41, 5.74) is 1.46. The third-order valence-corrected chi connectivity index (χ3v) is 2.50. The number of aromatic nitrogens is 2. The summed E-state index contributed by atoms with van der Waals surface area (Å²) < 4.78 is 0. The van der Waals surface area contributed by atoms with Crippen LogP contribution in [0.2, 0.25) is 0 Å². The lowest BCUT2D eigenvalue weighted by atomic mass is 9.82. The first kappa shape index (κ1) is 10.2. The molecule has 0 aliphatic carbocycles. The topological polar surface area (TPSA) is 25.8 Å². The Bertz CT molecular complexity index is 242. The van der Waals surface area contributed by atoms with Crippen LogP contribution in [0.15, 0.2) is 18.7 Å². The van der Waals surface area contributed by atoms with E-state index in [9.17, 15) is 0 Å². The Morgan fingerprint density at radius 1 is 1.23 bits per heavy atom. The fourth-order valence-corrected chi connectivity index (χ4v) is 1.41. The minimum Gasteiger partial charge on any atom is -0.245 e. The third kappa shape index (κ3) is 2.79. The Balaban J connectivity index is 2.69. The smallest absolute Gasteiger partial charge is 0.115 e. The normalized spacial score (nSPS) is 11.6. The molecule has 0 radical (unpaired) electrons. The average molecular weight is 178 g/mol. The molecule has 1 rings (SSSR count). The van der Waals surface area contributed by atoms with Crippen molar-refractivity contribution in [2.45, 2.75) is 45.4 Å². The molecule has 0 saturated carbocycles. The van der Waals surface area contributed by atoms with Crippen LogP contribution in [-0.2, 0) is 5.41 Å². The molecule has 0 saturated heterocycles. The number of unbranched alkanes of at least 4 members (excludes halogenated alkanes) is 1. The molecule has 0 aliphatic rings. The van der Waals surface area contributed by atoms with Gasteiger partial charge in [0.05, 0.1) is 0 Å². The zero-order valence-electron chi connectivity index (χ0n) is 8.75. The van der Waals surface area contributed by atoms with E-state index in [0.717, 1.165) is 0 Å². The van der Waals surface area contributed by atoms with E-state index in [0.29, 0.717) is 0 Å². The van der Waals surface area contributed by atoms with Gasteiger partial charge in [0.25, 0.3) is 0 Å². The minimum absolute atomic E-state index is 0.220. The van der Waals surface area contributed by atoms with Crippen molar-refractivity contribution in [3.05, 3.63) is 24.3 Å². The Morgan fingerprint density at radius 3 is 2.38 bits per heavy atom. The lowest BCUT2D eigenvalue weighted by Crippen LogP contribution is -2.17. The van der Waals surface area contributed by atoms with Crippen molar-refractivity contribution in [1.82, 2.24) is 9.97 Å². The quantitative estimate of drug-likeness (QED) is 0.708. The highest BCUT2D eigenvalue weighted by molar-refractivity contribution is 5.15. The van der Waals surface area contributed by atoms with E-state index in [-0.39, 0.29) is 5.41 Å². The number of nitrogens with zero attached hydrogens (tertiary/aromatic N) is 2. The van der Waals surface area contributed by atoms with Gasteiger partial charge in [0.1, 0.15) is 6.33 Å². The number of hydrogen-bond acceptors (Lipinski definition) is 2. The zero-order valence-corrected chi connectivity index (χ0v) is 8.75. The van der Waals surface area contributed by atoms with Crippen LogP contribution in [0.3, 0.4) is 0 Å².